The van der Waals surface area contributed by atoms with Gasteiger partial charge in [-0.25, -0.2) is 4.39 Å². The second-order valence-corrected chi connectivity index (χ2v) is 7.38. The second-order valence-electron chi connectivity index (χ2n) is 6.24. The molecule has 0 unspecified atom stereocenters. The number of fused-ring (bicyclic) bond motifs is 1. The van der Waals surface area contributed by atoms with E-state index in [9.17, 15) is 14.0 Å². The van der Waals surface area contributed by atoms with Crippen LogP contribution in [0.15, 0.2) is 30.3 Å². The summed E-state index contributed by atoms with van der Waals surface area (Å²) in [5.41, 5.74) is 6.35. The summed E-state index contributed by atoms with van der Waals surface area (Å²) in [6.07, 6.45) is 6.71. The SMILES string of the molecule is O=C(Cc1ccccc1F)NNC(=O)c1cc2c(s1)CCCCCC2. The number of thiophene rings is 1. The van der Waals surface area contributed by atoms with Gasteiger partial charge in [0.25, 0.3) is 5.91 Å². The molecule has 0 spiro atoms. The Bertz CT molecular complexity index is 747. The average molecular weight is 360 g/mol. The van der Waals surface area contributed by atoms with E-state index in [0.29, 0.717) is 10.4 Å². The highest BCUT2D eigenvalue weighted by Gasteiger charge is 2.16. The van der Waals surface area contributed by atoms with Gasteiger partial charge in [0.05, 0.1) is 11.3 Å². The standard InChI is InChI=1S/C19H21FN2O2S/c20-15-9-6-5-7-13(15)12-18(23)21-22-19(24)17-11-14-8-3-1-2-4-10-16(14)25-17/h5-7,9,11H,1-4,8,10,12H2,(H,21,23)(H,22,24). The van der Waals surface area contributed by atoms with Gasteiger partial charge in [-0.15, -0.1) is 11.3 Å². The van der Waals surface area contributed by atoms with Gasteiger partial charge >= 0.3 is 0 Å². The first kappa shape index (κ1) is 17.6. The molecule has 3 rings (SSSR count). The lowest BCUT2D eigenvalue weighted by Gasteiger charge is -2.07. The summed E-state index contributed by atoms with van der Waals surface area (Å²) in [6.45, 7) is 0. The van der Waals surface area contributed by atoms with Gasteiger partial charge in [-0.3, -0.25) is 20.4 Å². The number of hydrazine groups is 1. The van der Waals surface area contributed by atoms with Crippen LogP contribution < -0.4 is 10.9 Å². The molecule has 25 heavy (non-hydrogen) atoms. The molecule has 2 amide bonds. The summed E-state index contributed by atoms with van der Waals surface area (Å²) in [5.74, 6) is -1.20. The molecule has 4 nitrogen and oxygen atoms in total. The van der Waals surface area contributed by atoms with Crippen molar-refractivity contribution in [1.29, 1.82) is 0 Å². The van der Waals surface area contributed by atoms with Gasteiger partial charge in [-0.1, -0.05) is 31.0 Å². The number of halogens is 1. The molecule has 0 atom stereocenters. The Labute approximate surface area is 150 Å². The molecule has 0 bridgehead atoms. The monoisotopic (exact) mass is 360 g/mol. The number of amides is 2. The maximum atomic E-state index is 13.5. The highest BCUT2D eigenvalue weighted by Crippen LogP contribution is 2.28. The summed E-state index contributed by atoms with van der Waals surface area (Å²) in [7, 11) is 0. The minimum atomic E-state index is -0.451. The van der Waals surface area contributed by atoms with Gasteiger partial charge < -0.3 is 0 Å². The molecule has 1 aliphatic carbocycles. The Morgan fingerprint density at radius 3 is 2.60 bits per heavy atom. The summed E-state index contributed by atoms with van der Waals surface area (Å²) >= 11 is 1.50. The van der Waals surface area contributed by atoms with Crippen LogP contribution >= 0.6 is 11.3 Å². The Balaban J connectivity index is 1.56. The van der Waals surface area contributed by atoms with E-state index in [0.717, 1.165) is 25.7 Å². The van der Waals surface area contributed by atoms with Crippen molar-refractivity contribution in [3.8, 4) is 0 Å². The fourth-order valence-electron chi connectivity index (χ4n) is 3.00. The van der Waals surface area contributed by atoms with Crippen molar-refractivity contribution < 1.29 is 14.0 Å². The first-order chi connectivity index (χ1) is 12.1. The zero-order valence-corrected chi connectivity index (χ0v) is 14.8. The van der Waals surface area contributed by atoms with Crippen molar-refractivity contribution >= 4 is 23.2 Å². The third-order valence-corrected chi connectivity index (χ3v) is 5.58. The zero-order valence-electron chi connectivity index (χ0n) is 13.9. The molecule has 2 aromatic rings. The third kappa shape index (κ3) is 4.66. The van der Waals surface area contributed by atoms with Gasteiger partial charge in [0.15, 0.2) is 0 Å². The number of nitrogens with one attached hydrogen (secondary N) is 2. The molecule has 0 aliphatic heterocycles. The predicted octanol–water partition coefficient (Wildman–Crippen LogP) is 3.55. The first-order valence-electron chi connectivity index (χ1n) is 8.57. The fourth-order valence-corrected chi connectivity index (χ4v) is 4.15. The van der Waals surface area contributed by atoms with Crippen molar-refractivity contribution in [3.05, 3.63) is 57.0 Å². The summed E-state index contributed by atoms with van der Waals surface area (Å²) in [4.78, 5) is 26.1. The summed E-state index contributed by atoms with van der Waals surface area (Å²) in [6, 6.07) is 8.04. The molecule has 0 saturated carbocycles. The summed E-state index contributed by atoms with van der Waals surface area (Å²) in [5, 5.41) is 0. The lowest BCUT2D eigenvalue weighted by Crippen LogP contribution is -2.42. The van der Waals surface area contributed by atoms with E-state index in [1.54, 1.807) is 18.2 Å². The maximum absolute atomic E-state index is 13.5. The highest BCUT2D eigenvalue weighted by atomic mass is 32.1. The smallest absolute Gasteiger partial charge is 0.273 e. The minimum Gasteiger partial charge on any atom is -0.273 e. The molecule has 0 saturated heterocycles. The van der Waals surface area contributed by atoms with Crippen LogP contribution in [-0.2, 0) is 24.1 Å². The molecule has 1 aromatic carbocycles. The third-order valence-electron chi connectivity index (χ3n) is 4.34. The predicted molar refractivity (Wildman–Crippen MR) is 95.9 cm³/mol. The molecule has 1 aliphatic rings. The van der Waals surface area contributed by atoms with Crippen molar-refractivity contribution in [2.24, 2.45) is 0 Å². The Morgan fingerprint density at radius 2 is 1.80 bits per heavy atom. The molecular weight excluding hydrogens is 339 g/mol. The topological polar surface area (TPSA) is 58.2 Å². The van der Waals surface area contributed by atoms with Crippen LogP contribution in [0.4, 0.5) is 4.39 Å². The molecule has 6 heteroatoms. The van der Waals surface area contributed by atoms with Gasteiger partial charge in [-0.2, -0.15) is 0 Å². The van der Waals surface area contributed by atoms with E-state index < -0.39 is 11.7 Å². The van der Waals surface area contributed by atoms with Crippen LogP contribution in [0.5, 0.6) is 0 Å². The van der Waals surface area contributed by atoms with Crippen molar-refractivity contribution in [3.63, 3.8) is 0 Å². The number of rotatable bonds is 3. The Hall–Kier alpha value is -2.21. The fraction of sp³-hybridized carbons (Fsp3) is 0.368. The maximum Gasteiger partial charge on any atom is 0.279 e. The van der Waals surface area contributed by atoms with E-state index in [4.69, 9.17) is 0 Å². The van der Waals surface area contributed by atoms with E-state index in [-0.39, 0.29) is 12.3 Å². The van der Waals surface area contributed by atoms with E-state index in [1.807, 2.05) is 6.07 Å². The Morgan fingerprint density at radius 1 is 1.04 bits per heavy atom. The molecule has 0 radical (unpaired) electrons. The van der Waals surface area contributed by atoms with Crippen LogP contribution in [0.1, 0.15) is 51.4 Å². The molecule has 2 N–H and O–H groups in total. The minimum absolute atomic E-state index is 0.117. The van der Waals surface area contributed by atoms with Crippen LogP contribution in [0, 0.1) is 5.82 Å². The quantitative estimate of drug-likeness (QED) is 0.823. The number of benzene rings is 1. The van der Waals surface area contributed by atoms with Gasteiger partial charge in [-0.05, 0) is 48.9 Å². The number of hydrogen-bond donors (Lipinski definition) is 2. The van der Waals surface area contributed by atoms with E-state index >= 15 is 0 Å². The number of carbonyl (C=O) groups excluding carboxylic acids is 2. The molecule has 1 heterocycles. The van der Waals surface area contributed by atoms with E-state index in [2.05, 4.69) is 10.9 Å². The Kier molecular flexibility index (Phi) is 5.81. The summed E-state index contributed by atoms with van der Waals surface area (Å²) < 4.78 is 13.5. The van der Waals surface area contributed by atoms with Crippen LogP contribution in [0.2, 0.25) is 0 Å². The van der Waals surface area contributed by atoms with Gasteiger partial charge in [0.1, 0.15) is 5.82 Å². The van der Waals surface area contributed by atoms with Crippen LogP contribution in [0.3, 0.4) is 0 Å². The normalized spacial score (nSPS) is 14.1. The number of hydrogen-bond acceptors (Lipinski definition) is 3. The zero-order chi connectivity index (χ0) is 17.6. The van der Waals surface area contributed by atoms with Crippen molar-refractivity contribution in [2.45, 2.75) is 44.9 Å². The molecular formula is C19H21FN2O2S. The number of aryl methyl sites for hydroxylation is 2. The molecule has 0 fully saturated rings. The lowest BCUT2D eigenvalue weighted by molar-refractivity contribution is -0.121. The lowest BCUT2D eigenvalue weighted by atomic mass is 10.00. The highest BCUT2D eigenvalue weighted by molar-refractivity contribution is 7.14. The number of carbonyl (C=O) groups is 2. The largest absolute Gasteiger partial charge is 0.279 e. The van der Waals surface area contributed by atoms with Crippen LogP contribution in [0.25, 0.3) is 0 Å². The van der Waals surface area contributed by atoms with Crippen LogP contribution in [-0.4, -0.2) is 11.8 Å². The van der Waals surface area contributed by atoms with Gasteiger partial charge in [0.2, 0.25) is 5.91 Å². The molecule has 132 valence electrons. The van der Waals surface area contributed by atoms with Gasteiger partial charge in [0, 0.05) is 4.88 Å². The van der Waals surface area contributed by atoms with Crippen molar-refractivity contribution in [2.75, 3.05) is 0 Å². The average Bonchev–Trinajstić information content (AvgIpc) is 2.97. The molecule has 1 aromatic heterocycles. The van der Waals surface area contributed by atoms with E-state index in [1.165, 1.54) is 40.7 Å². The van der Waals surface area contributed by atoms with Crippen molar-refractivity contribution in [1.82, 2.24) is 10.9 Å². The first-order valence-corrected chi connectivity index (χ1v) is 9.39. The second kappa shape index (κ2) is 8.25.